The van der Waals surface area contributed by atoms with Crippen LogP contribution in [0.1, 0.15) is 23.1 Å². The number of benzene rings is 2. The standard InChI is InChI=1S/C19H23NO/c1-14-6-5-9-18(15(14)2)19-8-4-3-7-16(19)13-21-17-10-11-20-12-17/h3-9,17,20H,10-13H2,1-2H3/t17-/m0/s1. The van der Waals surface area contributed by atoms with Gasteiger partial charge in [-0.2, -0.15) is 0 Å². The lowest BCUT2D eigenvalue weighted by molar-refractivity contribution is 0.0545. The van der Waals surface area contributed by atoms with Crippen LogP contribution in [-0.2, 0) is 11.3 Å². The minimum Gasteiger partial charge on any atom is -0.372 e. The summed E-state index contributed by atoms with van der Waals surface area (Å²) in [5, 5.41) is 3.35. The molecule has 2 heteroatoms. The van der Waals surface area contributed by atoms with Gasteiger partial charge >= 0.3 is 0 Å². The van der Waals surface area contributed by atoms with Crippen molar-refractivity contribution in [3.05, 3.63) is 59.2 Å². The summed E-state index contributed by atoms with van der Waals surface area (Å²) < 4.78 is 6.06. The van der Waals surface area contributed by atoms with E-state index < -0.39 is 0 Å². The van der Waals surface area contributed by atoms with Crippen LogP contribution in [0.2, 0.25) is 0 Å². The Labute approximate surface area is 127 Å². The molecule has 0 bridgehead atoms. The molecule has 0 amide bonds. The van der Waals surface area contributed by atoms with Crippen LogP contribution in [0, 0.1) is 13.8 Å². The van der Waals surface area contributed by atoms with Gasteiger partial charge in [0.05, 0.1) is 12.7 Å². The number of hydrogen-bond donors (Lipinski definition) is 1. The highest BCUT2D eigenvalue weighted by molar-refractivity contribution is 5.71. The van der Waals surface area contributed by atoms with Crippen LogP contribution in [0.25, 0.3) is 11.1 Å². The summed E-state index contributed by atoms with van der Waals surface area (Å²) in [4.78, 5) is 0. The Hall–Kier alpha value is -1.64. The fourth-order valence-corrected chi connectivity index (χ4v) is 2.93. The summed E-state index contributed by atoms with van der Waals surface area (Å²) >= 11 is 0. The third-order valence-corrected chi connectivity index (χ3v) is 4.40. The second-order valence-electron chi connectivity index (χ2n) is 5.83. The molecular weight excluding hydrogens is 258 g/mol. The minimum absolute atomic E-state index is 0.358. The van der Waals surface area contributed by atoms with Crippen molar-refractivity contribution in [1.82, 2.24) is 5.32 Å². The van der Waals surface area contributed by atoms with Gasteiger partial charge in [0, 0.05) is 6.54 Å². The van der Waals surface area contributed by atoms with Crippen LogP contribution in [0.15, 0.2) is 42.5 Å². The largest absolute Gasteiger partial charge is 0.372 e. The Morgan fingerprint density at radius 1 is 1.05 bits per heavy atom. The normalized spacial score (nSPS) is 18.1. The topological polar surface area (TPSA) is 21.3 Å². The Morgan fingerprint density at radius 3 is 2.67 bits per heavy atom. The molecule has 0 aliphatic carbocycles. The molecule has 2 aromatic rings. The molecule has 2 nitrogen and oxygen atoms in total. The fraction of sp³-hybridized carbons (Fsp3) is 0.368. The van der Waals surface area contributed by atoms with E-state index in [1.54, 1.807) is 0 Å². The van der Waals surface area contributed by atoms with E-state index in [9.17, 15) is 0 Å². The van der Waals surface area contributed by atoms with E-state index in [2.05, 4.69) is 61.6 Å². The summed E-state index contributed by atoms with van der Waals surface area (Å²) in [6.45, 7) is 7.11. The van der Waals surface area contributed by atoms with E-state index in [1.165, 1.54) is 27.8 Å². The fourth-order valence-electron chi connectivity index (χ4n) is 2.93. The molecular formula is C19H23NO. The maximum absolute atomic E-state index is 6.06. The predicted molar refractivity (Wildman–Crippen MR) is 87.4 cm³/mol. The third-order valence-electron chi connectivity index (χ3n) is 4.40. The zero-order chi connectivity index (χ0) is 14.7. The van der Waals surface area contributed by atoms with Gasteiger partial charge in [0.1, 0.15) is 0 Å². The van der Waals surface area contributed by atoms with Crippen LogP contribution in [0.3, 0.4) is 0 Å². The van der Waals surface area contributed by atoms with Gasteiger partial charge in [-0.15, -0.1) is 0 Å². The highest BCUT2D eigenvalue weighted by Crippen LogP contribution is 2.29. The second kappa shape index (κ2) is 6.42. The van der Waals surface area contributed by atoms with Crippen molar-refractivity contribution < 1.29 is 4.74 Å². The van der Waals surface area contributed by atoms with Crippen molar-refractivity contribution in [1.29, 1.82) is 0 Å². The van der Waals surface area contributed by atoms with Crippen molar-refractivity contribution in [2.24, 2.45) is 0 Å². The van der Waals surface area contributed by atoms with Crippen molar-refractivity contribution >= 4 is 0 Å². The molecule has 110 valence electrons. The molecule has 0 aromatic heterocycles. The van der Waals surface area contributed by atoms with Gasteiger partial charge in [0.25, 0.3) is 0 Å². The molecule has 0 spiro atoms. The van der Waals surface area contributed by atoms with E-state index in [0.29, 0.717) is 12.7 Å². The van der Waals surface area contributed by atoms with Gasteiger partial charge < -0.3 is 10.1 Å². The van der Waals surface area contributed by atoms with Gasteiger partial charge in [-0.3, -0.25) is 0 Å². The van der Waals surface area contributed by atoms with Crippen LogP contribution < -0.4 is 5.32 Å². The summed E-state index contributed by atoms with van der Waals surface area (Å²) in [6.07, 6.45) is 1.47. The average Bonchev–Trinajstić information content (AvgIpc) is 3.02. The van der Waals surface area contributed by atoms with Crippen LogP contribution in [0.4, 0.5) is 0 Å². The quantitative estimate of drug-likeness (QED) is 0.919. The van der Waals surface area contributed by atoms with E-state index in [0.717, 1.165) is 19.5 Å². The molecule has 2 aromatic carbocycles. The minimum atomic E-state index is 0.358. The van der Waals surface area contributed by atoms with Crippen LogP contribution >= 0.6 is 0 Å². The van der Waals surface area contributed by atoms with Crippen molar-refractivity contribution in [3.8, 4) is 11.1 Å². The molecule has 0 unspecified atom stereocenters. The molecule has 3 rings (SSSR count). The molecule has 1 fully saturated rings. The zero-order valence-electron chi connectivity index (χ0n) is 12.9. The van der Waals surface area contributed by atoms with E-state index in [1.807, 2.05) is 0 Å². The van der Waals surface area contributed by atoms with Crippen LogP contribution in [-0.4, -0.2) is 19.2 Å². The number of ether oxygens (including phenoxy) is 1. The number of nitrogens with one attached hydrogen (secondary N) is 1. The van der Waals surface area contributed by atoms with Gasteiger partial charge in [0.15, 0.2) is 0 Å². The number of rotatable bonds is 4. The van der Waals surface area contributed by atoms with Crippen molar-refractivity contribution in [3.63, 3.8) is 0 Å². The molecule has 21 heavy (non-hydrogen) atoms. The SMILES string of the molecule is Cc1cccc(-c2ccccc2CO[C@H]2CCNC2)c1C. The summed E-state index contributed by atoms with van der Waals surface area (Å²) in [6, 6.07) is 15.1. The molecule has 1 atom stereocenters. The van der Waals surface area contributed by atoms with Gasteiger partial charge in [-0.1, -0.05) is 42.5 Å². The van der Waals surface area contributed by atoms with Crippen LogP contribution in [0.5, 0.6) is 0 Å². The molecule has 1 aliphatic heterocycles. The Balaban J connectivity index is 1.86. The van der Waals surface area contributed by atoms with Gasteiger partial charge in [-0.25, -0.2) is 0 Å². The highest BCUT2D eigenvalue weighted by atomic mass is 16.5. The molecule has 1 heterocycles. The first-order valence-electron chi connectivity index (χ1n) is 7.72. The lowest BCUT2D eigenvalue weighted by Gasteiger charge is -2.16. The first-order valence-corrected chi connectivity index (χ1v) is 7.72. The highest BCUT2D eigenvalue weighted by Gasteiger charge is 2.16. The Morgan fingerprint density at radius 2 is 1.86 bits per heavy atom. The van der Waals surface area contributed by atoms with E-state index in [-0.39, 0.29) is 0 Å². The first-order chi connectivity index (χ1) is 10.3. The van der Waals surface area contributed by atoms with Gasteiger partial charge in [0.2, 0.25) is 0 Å². The number of aryl methyl sites for hydroxylation is 1. The van der Waals surface area contributed by atoms with E-state index in [4.69, 9.17) is 4.74 Å². The first kappa shape index (κ1) is 14.3. The summed E-state index contributed by atoms with van der Waals surface area (Å²) in [7, 11) is 0. The summed E-state index contributed by atoms with van der Waals surface area (Å²) in [5.74, 6) is 0. The van der Waals surface area contributed by atoms with E-state index >= 15 is 0 Å². The smallest absolute Gasteiger partial charge is 0.0727 e. The molecule has 0 saturated carbocycles. The second-order valence-corrected chi connectivity index (χ2v) is 5.83. The third kappa shape index (κ3) is 3.17. The zero-order valence-corrected chi connectivity index (χ0v) is 12.9. The van der Waals surface area contributed by atoms with Crippen molar-refractivity contribution in [2.45, 2.75) is 33.0 Å². The van der Waals surface area contributed by atoms with Crippen molar-refractivity contribution in [2.75, 3.05) is 13.1 Å². The predicted octanol–water partition coefficient (Wildman–Crippen LogP) is 3.85. The Kier molecular flexibility index (Phi) is 4.37. The average molecular weight is 281 g/mol. The molecule has 1 N–H and O–H groups in total. The number of hydrogen-bond acceptors (Lipinski definition) is 2. The molecule has 0 radical (unpaired) electrons. The molecule has 1 saturated heterocycles. The summed E-state index contributed by atoms with van der Waals surface area (Å²) in [5.41, 5.74) is 6.58. The lowest BCUT2D eigenvalue weighted by atomic mass is 9.94. The maximum atomic E-state index is 6.06. The molecule has 1 aliphatic rings. The Bertz CT molecular complexity index is 615. The maximum Gasteiger partial charge on any atom is 0.0727 e. The monoisotopic (exact) mass is 281 g/mol. The van der Waals surface area contributed by atoms with Gasteiger partial charge in [-0.05, 0) is 54.6 Å². The lowest BCUT2D eigenvalue weighted by Crippen LogP contribution is -2.16.